The highest BCUT2D eigenvalue weighted by Gasteiger charge is 2.12. The first kappa shape index (κ1) is 10.7. The van der Waals surface area contributed by atoms with Gasteiger partial charge in [0.05, 0.1) is 12.7 Å². The van der Waals surface area contributed by atoms with Crippen molar-refractivity contribution in [3.8, 4) is 17.1 Å². The predicted octanol–water partition coefficient (Wildman–Crippen LogP) is 2.62. The maximum atomic E-state index is 5.28. The fourth-order valence-corrected chi connectivity index (χ4v) is 1.50. The summed E-state index contributed by atoms with van der Waals surface area (Å²) in [7, 11) is 1.63. The molecule has 0 unspecified atom stereocenters. The van der Waals surface area contributed by atoms with E-state index in [1.165, 1.54) is 0 Å². The minimum atomic E-state index is 0.581. The Bertz CT molecular complexity index is 492. The quantitative estimate of drug-likeness (QED) is 0.794. The predicted molar refractivity (Wildman–Crippen MR) is 60.4 cm³/mol. The van der Waals surface area contributed by atoms with Gasteiger partial charge >= 0.3 is 0 Å². The summed E-state index contributed by atoms with van der Waals surface area (Å²) in [5.41, 5.74) is 2.00. The van der Waals surface area contributed by atoms with Crippen molar-refractivity contribution < 1.29 is 9.26 Å². The molecule has 0 atom stereocenters. The van der Waals surface area contributed by atoms with Crippen molar-refractivity contribution in [3.05, 3.63) is 29.7 Å². The fraction of sp³-hybridized carbons (Fsp3) is 0.333. The molecule has 1 aromatic heterocycles. The van der Waals surface area contributed by atoms with Crippen LogP contribution in [0.5, 0.6) is 5.75 Å². The molecular weight excluding hydrogens is 204 g/mol. The molecule has 84 valence electrons. The molecule has 0 bridgehead atoms. The Morgan fingerprint density at radius 2 is 2.19 bits per heavy atom. The third kappa shape index (κ3) is 1.91. The zero-order valence-corrected chi connectivity index (χ0v) is 9.65. The molecule has 0 saturated heterocycles. The molecule has 4 nitrogen and oxygen atoms in total. The highest BCUT2D eigenvalue weighted by molar-refractivity contribution is 5.64. The summed E-state index contributed by atoms with van der Waals surface area (Å²) in [6.45, 7) is 3.99. The van der Waals surface area contributed by atoms with Crippen LogP contribution in [-0.4, -0.2) is 17.3 Å². The van der Waals surface area contributed by atoms with Gasteiger partial charge in [0, 0.05) is 6.42 Å². The molecule has 2 aromatic rings. The molecule has 0 aliphatic carbocycles. The summed E-state index contributed by atoms with van der Waals surface area (Å²) < 4.78 is 10.4. The van der Waals surface area contributed by atoms with Gasteiger partial charge in [0.25, 0.3) is 0 Å². The van der Waals surface area contributed by atoms with E-state index in [0.717, 1.165) is 23.3 Å². The third-order valence-electron chi connectivity index (χ3n) is 2.37. The number of benzene rings is 1. The van der Waals surface area contributed by atoms with Crippen LogP contribution in [0.1, 0.15) is 18.4 Å². The standard InChI is InChI=1S/C12H14N2O2/c1-4-11-13-12(14-16-11)9-7-8(2)5-6-10(9)15-3/h5-7H,4H2,1-3H3. The summed E-state index contributed by atoms with van der Waals surface area (Å²) in [5.74, 6) is 1.98. The minimum Gasteiger partial charge on any atom is -0.496 e. The number of aryl methyl sites for hydroxylation is 2. The number of aromatic nitrogens is 2. The molecule has 0 fully saturated rings. The smallest absolute Gasteiger partial charge is 0.226 e. The van der Waals surface area contributed by atoms with Crippen LogP contribution in [0.25, 0.3) is 11.4 Å². The molecule has 0 aliphatic heterocycles. The van der Waals surface area contributed by atoms with Gasteiger partial charge in [-0.05, 0) is 19.1 Å². The second-order valence-corrected chi connectivity index (χ2v) is 3.57. The Hall–Kier alpha value is -1.84. The van der Waals surface area contributed by atoms with Gasteiger partial charge in [-0.2, -0.15) is 4.98 Å². The maximum absolute atomic E-state index is 5.28. The van der Waals surface area contributed by atoms with Crippen LogP contribution in [0.3, 0.4) is 0 Å². The topological polar surface area (TPSA) is 48.2 Å². The van der Waals surface area contributed by atoms with E-state index in [-0.39, 0.29) is 0 Å². The SMILES string of the molecule is CCc1nc(-c2cc(C)ccc2OC)no1. The minimum absolute atomic E-state index is 0.581. The molecule has 0 spiro atoms. The summed E-state index contributed by atoms with van der Waals surface area (Å²) >= 11 is 0. The van der Waals surface area contributed by atoms with Crippen LogP contribution >= 0.6 is 0 Å². The van der Waals surface area contributed by atoms with Gasteiger partial charge < -0.3 is 9.26 Å². The van der Waals surface area contributed by atoms with Crippen LogP contribution < -0.4 is 4.74 Å². The highest BCUT2D eigenvalue weighted by atomic mass is 16.5. The van der Waals surface area contributed by atoms with Crippen molar-refractivity contribution in [2.24, 2.45) is 0 Å². The van der Waals surface area contributed by atoms with Gasteiger partial charge in [0.1, 0.15) is 5.75 Å². The molecule has 1 heterocycles. The number of ether oxygens (including phenoxy) is 1. The molecule has 0 radical (unpaired) electrons. The lowest BCUT2D eigenvalue weighted by Gasteiger charge is -2.05. The van der Waals surface area contributed by atoms with E-state index < -0.39 is 0 Å². The Morgan fingerprint density at radius 3 is 2.81 bits per heavy atom. The van der Waals surface area contributed by atoms with Gasteiger partial charge in [-0.1, -0.05) is 23.7 Å². The van der Waals surface area contributed by atoms with E-state index in [2.05, 4.69) is 10.1 Å². The molecule has 0 amide bonds. The molecule has 1 aromatic carbocycles. The Labute approximate surface area is 94.2 Å². The number of hydrogen-bond acceptors (Lipinski definition) is 4. The van der Waals surface area contributed by atoms with Crippen molar-refractivity contribution in [3.63, 3.8) is 0 Å². The van der Waals surface area contributed by atoms with Crippen molar-refractivity contribution in [2.75, 3.05) is 7.11 Å². The second-order valence-electron chi connectivity index (χ2n) is 3.57. The van der Waals surface area contributed by atoms with Gasteiger partial charge in [0.2, 0.25) is 11.7 Å². The third-order valence-corrected chi connectivity index (χ3v) is 2.37. The largest absolute Gasteiger partial charge is 0.496 e. The first-order valence-electron chi connectivity index (χ1n) is 5.22. The van der Waals surface area contributed by atoms with Crippen molar-refractivity contribution >= 4 is 0 Å². The molecular formula is C12H14N2O2. The molecule has 0 N–H and O–H groups in total. The van der Waals surface area contributed by atoms with Gasteiger partial charge in [-0.15, -0.1) is 0 Å². The van der Waals surface area contributed by atoms with Crippen LogP contribution in [0.15, 0.2) is 22.7 Å². The second kappa shape index (κ2) is 4.35. The Kier molecular flexibility index (Phi) is 2.90. The molecule has 4 heteroatoms. The van der Waals surface area contributed by atoms with Crippen LogP contribution in [0.4, 0.5) is 0 Å². The van der Waals surface area contributed by atoms with E-state index in [1.54, 1.807) is 7.11 Å². The van der Waals surface area contributed by atoms with Gasteiger partial charge in [-0.3, -0.25) is 0 Å². The Balaban J connectivity index is 2.49. The van der Waals surface area contributed by atoms with E-state index in [4.69, 9.17) is 9.26 Å². The van der Waals surface area contributed by atoms with E-state index in [1.807, 2.05) is 32.0 Å². The Morgan fingerprint density at radius 1 is 1.38 bits per heavy atom. The summed E-state index contributed by atoms with van der Waals surface area (Å²) in [5, 5.41) is 3.94. The van der Waals surface area contributed by atoms with E-state index in [9.17, 15) is 0 Å². The lowest BCUT2D eigenvalue weighted by atomic mass is 10.1. The number of methoxy groups -OCH3 is 1. The van der Waals surface area contributed by atoms with Gasteiger partial charge in [0.15, 0.2) is 0 Å². The zero-order valence-electron chi connectivity index (χ0n) is 9.65. The average molecular weight is 218 g/mol. The summed E-state index contributed by atoms with van der Waals surface area (Å²) in [4.78, 5) is 4.29. The highest BCUT2D eigenvalue weighted by Crippen LogP contribution is 2.28. The van der Waals surface area contributed by atoms with E-state index >= 15 is 0 Å². The van der Waals surface area contributed by atoms with Crippen LogP contribution in [-0.2, 0) is 6.42 Å². The molecule has 2 rings (SSSR count). The summed E-state index contributed by atoms with van der Waals surface area (Å²) in [6.07, 6.45) is 0.737. The molecule has 0 aliphatic rings. The average Bonchev–Trinajstić information content (AvgIpc) is 2.77. The lowest BCUT2D eigenvalue weighted by Crippen LogP contribution is -1.90. The molecule has 16 heavy (non-hydrogen) atoms. The van der Waals surface area contributed by atoms with Crippen LogP contribution in [0.2, 0.25) is 0 Å². The van der Waals surface area contributed by atoms with E-state index in [0.29, 0.717) is 11.7 Å². The molecule has 0 saturated carbocycles. The normalized spacial score (nSPS) is 10.4. The first-order valence-corrected chi connectivity index (χ1v) is 5.22. The number of rotatable bonds is 3. The summed E-state index contributed by atoms with van der Waals surface area (Å²) in [6, 6.07) is 5.89. The first-order chi connectivity index (χ1) is 7.74. The monoisotopic (exact) mass is 218 g/mol. The van der Waals surface area contributed by atoms with Crippen molar-refractivity contribution in [1.82, 2.24) is 10.1 Å². The fourth-order valence-electron chi connectivity index (χ4n) is 1.50. The van der Waals surface area contributed by atoms with Crippen LogP contribution in [0, 0.1) is 6.92 Å². The number of nitrogens with zero attached hydrogens (tertiary/aromatic N) is 2. The zero-order chi connectivity index (χ0) is 11.5. The lowest BCUT2D eigenvalue weighted by molar-refractivity contribution is 0.382. The number of hydrogen-bond donors (Lipinski definition) is 0. The maximum Gasteiger partial charge on any atom is 0.226 e. The van der Waals surface area contributed by atoms with Crippen molar-refractivity contribution in [1.29, 1.82) is 0 Å². The van der Waals surface area contributed by atoms with Crippen molar-refractivity contribution in [2.45, 2.75) is 20.3 Å². The van der Waals surface area contributed by atoms with Gasteiger partial charge in [-0.25, -0.2) is 0 Å².